The van der Waals surface area contributed by atoms with Crippen LogP contribution in [0.3, 0.4) is 0 Å². The zero-order valence-corrected chi connectivity index (χ0v) is 12.9. The van der Waals surface area contributed by atoms with Crippen molar-refractivity contribution in [2.24, 2.45) is 0 Å². The zero-order chi connectivity index (χ0) is 16.2. The van der Waals surface area contributed by atoms with E-state index in [1.807, 2.05) is 0 Å². The number of hydrogen-bond donors (Lipinski definition) is 0. The van der Waals surface area contributed by atoms with Crippen molar-refractivity contribution in [3.63, 3.8) is 0 Å². The van der Waals surface area contributed by atoms with Gasteiger partial charge in [-0.1, -0.05) is 25.3 Å². The highest BCUT2D eigenvalue weighted by atomic mass is 16.6. The first-order chi connectivity index (χ1) is 9.64. The third-order valence-corrected chi connectivity index (χ3v) is 2.48. The topological polar surface area (TPSA) is 52.6 Å². The average molecular weight is 288 g/mol. The summed E-state index contributed by atoms with van der Waals surface area (Å²) in [4.78, 5) is 23.1. The van der Waals surface area contributed by atoms with E-state index in [-0.39, 0.29) is 5.57 Å². The van der Waals surface area contributed by atoms with Gasteiger partial charge in [0.1, 0.15) is 11.4 Å². The first-order valence-corrected chi connectivity index (χ1v) is 6.51. The van der Waals surface area contributed by atoms with Crippen LogP contribution in [-0.4, -0.2) is 17.5 Å². The quantitative estimate of drug-likeness (QED) is 0.482. The molecule has 0 radical (unpaired) electrons. The Morgan fingerprint density at radius 2 is 1.86 bits per heavy atom. The van der Waals surface area contributed by atoms with E-state index in [4.69, 9.17) is 9.47 Å². The van der Waals surface area contributed by atoms with Crippen LogP contribution in [0.25, 0.3) is 11.6 Å². The molecule has 112 valence electrons. The normalized spacial score (nSPS) is 10.7. The first kappa shape index (κ1) is 16.7. The van der Waals surface area contributed by atoms with Gasteiger partial charge in [-0.25, -0.2) is 4.79 Å². The Labute approximate surface area is 125 Å². The molecular weight excluding hydrogens is 268 g/mol. The van der Waals surface area contributed by atoms with E-state index >= 15 is 0 Å². The maximum absolute atomic E-state index is 12.1. The lowest BCUT2D eigenvalue weighted by molar-refractivity contribution is -0.147. The van der Waals surface area contributed by atoms with Crippen molar-refractivity contribution in [1.29, 1.82) is 0 Å². The van der Waals surface area contributed by atoms with Gasteiger partial charge in [0, 0.05) is 6.92 Å². The summed E-state index contributed by atoms with van der Waals surface area (Å²) in [5, 5.41) is 0. The Morgan fingerprint density at radius 3 is 2.33 bits per heavy atom. The molecule has 21 heavy (non-hydrogen) atoms. The standard InChI is InChI=1S/C17H20O4/c1-7-13-8-9-14(20-12(3)18)10-15(13)11(2)16(19)21-17(4,5)6/h7-10H,1-2H2,3-6H3. The molecule has 0 aromatic heterocycles. The maximum atomic E-state index is 12.1. The third-order valence-electron chi connectivity index (χ3n) is 2.48. The van der Waals surface area contributed by atoms with Gasteiger partial charge in [0.25, 0.3) is 0 Å². The van der Waals surface area contributed by atoms with Crippen molar-refractivity contribution in [3.8, 4) is 5.75 Å². The number of ether oxygens (including phenoxy) is 2. The van der Waals surface area contributed by atoms with Gasteiger partial charge in [-0.05, 0) is 44.0 Å². The summed E-state index contributed by atoms with van der Waals surface area (Å²) in [7, 11) is 0. The molecule has 4 nitrogen and oxygen atoms in total. The van der Waals surface area contributed by atoms with Crippen molar-refractivity contribution in [3.05, 3.63) is 42.5 Å². The van der Waals surface area contributed by atoms with Crippen LogP contribution < -0.4 is 4.74 Å². The number of esters is 2. The van der Waals surface area contributed by atoms with Crippen molar-refractivity contribution >= 4 is 23.6 Å². The van der Waals surface area contributed by atoms with Gasteiger partial charge in [-0.15, -0.1) is 0 Å². The molecule has 0 aliphatic rings. The summed E-state index contributed by atoms with van der Waals surface area (Å²) < 4.78 is 10.3. The van der Waals surface area contributed by atoms with Gasteiger partial charge in [0.2, 0.25) is 0 Å². The van der Waals surface area contributed by atoms with E-state index in [0.29, 0.717) is 16.9 Å². The Hall–Kier alpha value is -2.36. The molecule has 4 heteroatoms. The summed E-state index contributed by atoms with van der Waals surface area (Å²) >= 11 is 0. The lowest BCUT2D eigenvalue weighted by Gasteiger charge is -2.21. The Bertz CT molecular complexity index is 591. The molecule has 1 aromatic carbocycles. The van der Waals surface area contributed by atoms with Crippen molar-refractivity contribution < 1.29 is 19.1 Å². The van der Waals surface area contributed by atoms with Crippen molar-refractivity contribution in [1.82, 2.24) is 0 Å². The Kier molecular flexibility index (Phi) is 5.08. The molecule has 0 saturated carbocycles. The summed E-state index contributed by atoms with van der Waals surface area (Å²) in [6.45, 7) is 14.1. The smallest absolute Gasteiger partial charge is 0.338 e. The third kappa shape index (κ3) is 4.91. The van der Waals surface area contributed by atoms with Gasteiger partial charge in [-0.2, -0.15) is 0 Å². The largest absolute Gasteiger partial charge is 0.456 e. The lowest BCUT2D eigenvalue weighted by atomic mass is 10.00. The molecule has 0 aliphatic carbocycles. The number of benzene rings is 1. The van der Waals surface area contributed by atoms with Crippen molar-refractivity contribution in [2.75, 3.05) is 0 Å². The molecular formula is C17H20O4. The monoisotopic (exact) mass is 288 g/mol. The Balaban J connectivity index is 3.14. The molecule has 0 N–H and O–H groups in total. The summed E-state index contributed by atoms with van der Waals surface area (Å²) in [6.07, 6.45) is 1.60. The maximum Gasteiger partial charge on any atom is 0.338 e. The van der Waals surface area contributed by atoms with Crippen LogP contribution in [0.1, 0.15) is 38.8 Å². The lowest BCUT2D eigenvalue weighted by Crippen LogP contribution is -2.24. The SMILES string of the molecule is C=Cc1ccc(OC(C)=O)cc1C(=C)C(=O)OC(C)(C)C. The molecule has 0 aliphatic heterocycles. The molecule has 0 bridgehead atoms. The minimum absolute atomic E-state index is 0.189. The van der Waals surface area contributed by atoms with E-state index in [9.17, 15) is 9.59 Å². The van der Waals surface area contributed by atoms with E-state index in [2.05, 4.69) is 13.2 Å². The fourth-order valence-electron chi connectivity index (χ4n) is 1.65. The molecule has 1 aromatic rings. The summed E-state index contributed by atoms with van der Waals surface area (Å²) in [6, 6.07) is 4.91. The molecule has 0 fully saturated rings. The van der Waals surface area contributed by atoms with E-state index in [1.54, 1.807) is 45.0 Å². The molecule has 0 amide bonds. The predicted molar refractivity (Wildman–Crippen MR) is 82.7 cm³/mol. The van der Waals surface area contributed by atoms with Crippen LogP contribution in [0.5, 0.6) is 5.75 Å². The van der Waals surface area contributed by atoms with Gasteiger partial charge in [0.15, 0.2) is 0 Å². The number of hydrogen-bond acceptors (Lipinski definition) is 4. The van der Waals surface area contributed by atoms with Gasteiger partial charge >= 0.3 is 11.9 Å². The highest BCUT2D eigenvalue weighted by molar-refractivity contribution is 6.16. The second-order valence-corrected chi connectivity index (χ2v) is 5.53. The second-order valence-electron chi connectivity index (χ2n) is 5.53. The molecule has 0 atom stereocenters. The highest BCUT2D eigenvalue weighted by Gasteiger charge is 2.21. The molecule has 0 saturated heterocycles. The van der Waals surface area contributed by atoms with Crippen LogP contribution in [0.15, 0.2) is 31.4 Å². The van der Waals surface area contributed by atoms with Crippen LogP contribution in [-0.2, 0) is 14.3 Å². The summed E-state index contributed by atoms with van der Waals surface area (Å²) in [5.41, 5.74) is 0.815. The second kappa shape index (κ2) is 6.39. The van der Waals surface area contributed by atoms with Gasteiger partial charge < -0.3 is 9.47 Å². The minimum atomic E-state index is -0.609. The fraction of sp³-hybridized carbons (Fsp3) is 0.294. The summed E-state index contributed by atoms with van der Waals surface area (Å²) in [5.74, 6) is -0.617. The Morgan fingerprint density at radius 1 is 1.24 bits per heavy atom. The van der Waals surface area contributed by atoms with E-state index in [0.717, 1.165) is 0 Å². The number of carbonyl (C=O) groups is 2. The van der Waals surface area contributed by atoms with Crippen LogP contribution >= 0.6 is 0 Å². The number of rotatable bonds is 4. The number of carbonyl (C=O) groups excluding carboxylic acids is 2. The van der Waals surface area contributed by atoms with Crippen LogP contribution in [0.4, 0.5) is 0 Å². The van der Waals surface area contributed by atoms with Gasteiger partial charge in [-0.3, -0.25) is 4.79 Å². The average Bonchev–Trinajstić information content (AvgIpc) is 2.35. The van der Waals surface area contributed by atoms with Crippen LogP contribution in [0.2, 0.25) is 0 Å². The van der Waals surface area contributed by atoms with E-state index < -0.39 is 17.5 Å². The van der Waals surface area contributed by atoms with Crippen LogP contribution in [0, 0.1) is 0 Å². The predicted octanol–water partition coefficient (Wildman–Crippen LogP) is 3.61. The highest BCUT2D eigenvalue weighted by Crippen LogP contribution is 2.26. The molecule has 0 heterocycles. The zero-order valence-electron chi connectivity index (χ0n) is 12.9. The van der Waals surface area contributed by atoms with Crippen molar-refractivity contribution in [2.45, 2.75) is 33.3 Å². The first-order valence-electron chi connectivity index (χ1n) is 6.51. The minimum Gasteiger partial charge on any atom is -0.456 e. The molecule has 0 unspecified atom stereocenters. The fourth-order valence-corrected chi connectivity index (χ4v) is 1.65. The van der Waals surface area contributed by atoms with Gasteiger partial charge in [0.05, 0.1) is 5.57 Å². The molecule has 1 rings (SSSR count). The molecule has 0 spiro atoms. The van der Waals surface area contributed by atoms with E-state index in [1.165, 1.54) is 6.92 Å².